The van der Waals surface area contributed by atoms with Crippen LogP contribution < -0.4 is 10.0 Å². The monoisotopic (exact) mass is 473 g/mol. The maximum absolute atomic E-state index is 13.8. The Morgan fingerprint density at radius 3 is 2.15 bits per heavy atom. The molecule has 6 nitrogen and oxygen atoms in total. The first kappa shape index (κ1) is 23.4. The molecular weight excluding hydrogens is 446 g/mol. The van der Waals surface area contributed by atoms with Crippen LogP contribution in [0.5, 0.6) is 0 Å². The first-order valence-corrected chi connectivity index (χ1v) is 12.9. The summed E-state index contributed by atoms with van der Waals surface area (Å²) in [6, 6.07) is 26.1. The van der Waals surface area contributed by atoms with Crippen LogP contribution in [0.3, 0.4) is 0 Å². The Morgan fingerprint density at radius 1 is 0.882 bits per heavy atom. The van der Waals surface area contributed by atoms with Gasteiger partial charge in [0.1, 0.15) is 0 Å². The minimum Gasteiger partial charge on any atom is -0.345 e. The molecule has 1 atom stereocenters. The molecule has 7 heteroatoms. The highest BCUT2D eigenvalue weighted by molar-refractivity contribution is 7.92. The topological polar surface area (TPSA) is 88.2 Å². The zero-order chi connectivity index (χ0) is 24.1. The van der Waals surface area contributed by atoms with E-state index in [-0.39, 0.29) is 29.0 Å². The third kappa shape index (κ3) is 4.94. The molecule has 4 rings (SSSR count). The van der Waals surface area contributed by atoms with Crippen molar-refractivity contribution in [1.29, 1.82) is 0 Å². The van der Waals surface area contributed by atoms with Gasteiger partial charge in [-0.3, -0.25) is 9.52 Å². The number of sulfonamides is 1. The minimum absolute atomic E-state index is 0.128. The SMILES string of the molecule is CC[C@H](NC(=O)c1c(NS(=O)(=O)CC)c(-c2ccccc2)nc2ccccc12)c1ccccc1. The van der Waals surface area contributed by atoms with Crippen molar-refractivity contribution in [2.75, 3.05) is 10.5 Å². The number of amides is 1. The molecule has 174 valence electrons. The first-order chi connectivity index (χ1) is 16.4. The van der Waals surface area contributed by atoms with E-state index in [1.165, 1.54) is 0 Å². The van der Waals surface area contributed by atoms with Gasteiger partial charge in [-0.1, -0.05) is 85.8 Å². The van der Waals surface area contributed by atoms with Crippen LogP contribution in [0.4, 0.5) is 5.69 Å². The van der Waals surface area contributed by atoms with E-state index in [0.29, 0.717) is 28.6 Å². The van der Waals surface area contributed by atoms with Crippen LogP contribution >= 0.6 is 0 Å². The number of rotatable bonds is 8. The van der Waals surface area contributed by atoms with E-state index in [4.69, 9.17) is 4.98 Å². The van der Waals surface area contributed by atoms with Crippen LogP contribution in [0, 0.1) is 0 Å². The second-order valence-electron chi connectivity index (χ2n) is 7.94. The Hall–Kier alpha value is -3.71. The zero-order valence-electron chi connectivity index (χ0n) is 19.2. The van der Waals surface area contributed by atoms with E-state index in [2.05, 4.69) is 10.0 Å². The number of nitrogens with zero attached hydrogens (tertiary/aromatic N) is 1. The van der Waals surface area contributed by atoms with E-state index in [1.54, 1.807) is 13.0 Å². The van der Waals surface area contributed by atoms with Gasteiger partial charge in [0.2, 0.25) is 10.0 Å². The fraction of sp³-hybridized carbons (Fsp3) is 0.185. The number of anilines is 1. The van der Waals surface area contributed by atoms with Crippen molar-refractivity contribution < 1.29 is 13.2 Å². The molecule has 0 unspecified atom stereocenters. The quantitative estimate of drug-likeness (QED) is 0.351. The Bertz CT molecular complexity index is 1410. The summed E-state index contributed by atoms with van der Waals surface area (Å²) in [6.45, 7) is 3.56. The Morgan fingerprint density at radius 2 is 1.50 bits per heavy atom. The number of hydrogen-bond acceptors (Lipinski definition) is 4. The van der Waals surface area contributed by atoms with Gasteiger partial charge in [0, 0.05) is 10.9 Å². The summed E-state index contributed by atoms with van der Waals surface area (Å²) in [7, 11) is -3.68. The van der Waals surface area contributed by atoms with Gasteiger partial charge >= 0.3 is 0 Å². The molecule has 1 heterocycles. The molecule has 0 saturated carbocycles. The maximum Gasteiger partial charge on any atom is 0.254 e. The molecule has 0 radical (unpaired) electrons. The lowest BCUT2D eigenvalue weighted by Crippen LogP contribution is -2.30. The smallest absolute Gasteiger partial charge is 0.254 e. The lowest BCUT2D eigenvalue weighted by Gasteiger charge is -2.22. The number of carbonyl (C=O) groups is 1. The van der Waals surface area contributed by atoms with Crippen LogP contribution in [0.1, 0.15) is 42.2 Å². The predicted octanol–water partition coefficient (Wildman–Crippen LogP) is 5.54. The Kier molecular flexibility index (Phi) is 6.93. The third-order valence-corrected chi connectivity index (χ3v) is 7.00. The highest BCUT2D eigenvalue weighted by atomic mass is 32.2. The third-order valence-electron chi connectivity index (χ3n) is 5.72. The number of hydrogen-bond donors (Lipinski definition) is 2. The first-order valence-electron chi connectivity index (χ1n) is 11.3. The summed E-state index contributed by atoms with van der Waals surface area (Å²) < 4.78 is 28.0. The number of nitrogens with one attached hydrogen (secondary N) is 2. The number of pyridine rings is 1. The second-order valence-corrected chi connectivity index (χ2v) is 9.96. The average Bonchev–Trinajstić information content (AvgIpc) is 2.87. The van der Waals surface area contributed by atoms with Crippen LogP contribution in [-0.4, -0.2) is 25.1 Å². The summed E-state index contributed by atoms with van der Waals surface area (Å²) >= 11 is 0. The number of benzene rings is 3. The van der Waals surface area contributed by atoms with Crippen molar-refractivity contribution in [2.45, 2.75) is 26.3 Å². The van der Waals surface area contributed by atoms with Gasteiger partial charge in [0.15, 0.2) is 0 Å². The van der Waals surface area contributed by atoms with Crippen molar-refractivity contribution in [1.82, 2.24) is 10.3 Å². The number of carbonyl (C=O) groups excluding carboxylic acids is 1. The van der Waals surface area contributed by atoms with Crippen LogP contribution in [-0.2, 0) is 10.0 Å². The zero-order valence-corrected chi connectivity index (χ0v) is 20.0. The average molecular weight is 474 g/mol. The molecule has 0 fully saturated rings. The van der Waals surface area contributed by atoms with Gasteiger partial charge in [-0.25, -0.2) is 13.4 Å². The summed E-state index contributed by atoms with van der Waals surface area (Å²) in [5.41, 5.74) is 3.16. The standard InChI is InChI=1S/C27H27N3O3S/c1-3-22(19-13-7-5-8-14-19)29-27(31)24-21-17-11-12-18-23(21)28-25(20-15-9-6-10-16-20)26(24)30-34(32,33)4-2/h5-18,22,30H,3-4H2,1-2H3,(H,29,31)/t22-/m0/s1. The molecule has 0 aliphatic carbocycles. The molecule has 0 aliphatic heterocycles. The molecule has 0 spiro atoms. The summed E-state index contributed by atoms with van der Waals surface area (Å²) in [5, 5.41) is 3.69. The Labute approximate surface area is 200 Å². The lowest BCUT2D eigenvalue weighted by molar-refractivity contribution is 0.0938. The molecule has 0 saturated heterocycles. The van der Waals surface area contributed by atoms with Crippen molar-refractivity contribution in [3.63, 3.8) is 0 Å². The van der Waals surface area contributed by atoms with Gasteiger partial charge in [-0.15, -0.1) is 0 Å². The molecule has 2 N–H and O–H groups in total. The van der Waals surface area contributed by atoms with Gasteiger partial charge in [-0.2, -0.15) is 0 Å². The van der Waals surface area contributed by atoms with Gasteiger partial charge < -0.3 is 5.32 Å². The lowest BCUT2D eigenvalue weighted by atomic mass is 9.99. The predicted molar refractivity (Wildman–Crippen MR) is 137 cm³/mol. The molecule has 0 aliphatic rings. The van der Waals surface area contributed by atoms with E-state index in [1.807, 2.05) is 85.8 Å². The van der Waals surface area contributed by atoms with Crippen molar-refractivity contribution in [3.05, 3.63) is 96.1 Å². The normalized spacial score (nSPS) is 12.3. The van der Waals surface area contributed by atoms with Crippen molar-refractivity contribution in [2.24, 2.45) is 0 Å². The van der Waals surface area contributed by atoms with Crippen molar-refractivity contribution in [3.8, 4) is 11.3 Å². The molecule has 1 amide bonds. The van der Waals surface area contributed by atoms with Gasteiger partial charge in [0.05, 0.1) is 34.3 Å². The molecule has 3 aromatic carbocycles. The van der Waals surface area contributed by atoms with Crippen LogP contribution in [0.15, 0.2) is 84.9 Å². The summed E-state index contributed by atoms with van der Waals surface area (Å²) in [6.07, 6.45) is 0.681. The number of fused-ring (bicyclic) bond motifs is 1. The van der Waals surface area contributed by atoms with E-state index in [0.717, 1.165) is 5.56 Å². The van der Waals surface area contributed by atoms with E-state index >= 15 is 0 Å². The number of para-hydroxylation sites is 1. The highest BCUT2D eigenvalue weighted by Gasteiger charge is 2.26. The molecular formula is C27H27N3O3S. The highest BCUT2D eigenvalue weighted by Crippen LogP contribution is 2.35. The minimum atomic E-state index is -3.68. The fourth-order valence-corrected chi connectivity index (χ4v) is 4.57. The van der Waals surface area contributed by atoms with Crippen molar-refractivity contribution >= 4 is 32.5 Å². The number of aromatic nitrogens is 1. The van der Waals surface area contributed by atoms with Crippen LogP contribution in [0.2, 0.25) is 0 Å². The van der Waals surface area contributed by atoms with Crippen LogP contribution in [0.25, 0.3) is 22.2 Å². The molecule has 4 aromatic rings. The van der Waals surface area contributed by atoms with Gasteiger partial charge in [0.25, 0.3) is 5.91 Å². The van der Waals surface area contributed by atoms with Gasteiger partial charge in [-0.05, 0) is 25.0 Å². The molecule has 1 aromatic heterocycles. The van der Waals surface area contributed by atoms with E-state index in [9.17, 15) is 13.2 Å². The van der Waals surface area contributed by atoms with E-state index < -0.39 is 10.0 Å². The largest absolute Gasteiger partial charge is 0.345 e. The summed E-state index contributed by atoms with van der Waals surface area (Å²) in [5.74, 6) is -0.489. The fourth-order valence-electron chi connectivity index (χ4n) is 3.92. The second kappa shape index (κ2) is 10.1. The Balaban J connectivity index is 1.94. The maximum atomic E-state index is 13.8. The summed E-state index contributed by atoms with van der Waals surface area (Å²) in [4.78, 5) is 18.6. The molecule has 34 heavy (non-hydrogen) atoms. The molecule has 0 bridgehead atoms.